The molecule has 7 nitrogen and oxygen atoms in total. The van der Waals surface area contributed by atoms with Gasteiger partial charge >= 0.3 is 0 Å². The minimum Gasteiger partial charge on any atom is -0.354 e. The van der Waals surface area contributed by atoms with Crippen molar-refractivity contribution in [3.63, 3.8) is 0 Å². The van der Waals surface area contributed by atoms with Crippen LogP contribution in [-0.4, -0.2) is 56.7 Å². The summed E-state index contributed by atoms with van der Waals surface area (Å²) in [6.45, 7) is 9.23. The van der Waals surface area contributed by atoms with Crippen molar-refractivity contribution < 1.29 is 4.79 Å². The van der Waals surface area contributed by atoms with E-state index in [1.165, 1.54) is 0 Å². The summed E-state index contributed by atoms with van der Waals surface area (Å²) in [7, 11) is 0. The first kappa shape index (κ1) is 24.0. The Labute approximate surface area is 212 Å². The maximum atomic E-state index is 13.2. The summed E-state index contributed by atoms with van der Waals surface area (Å²) in [5.41, 5.74) is 4.67. The first-order valence-electron chi connectivity index (χ1n) is 13.0. The molecule has 0 unspecified atom stereocenters. The molecular weight excluding hydrogens is 448 g/mol. The Hall–Kier alpha value is -3.74. The predicted molar refractivity (Wildman–Crippen MR) is 144 cm³/mol. The SMILES string of the molecule is CCCCc1nc(N2CCCN(C(=O)c3ccc(C)cc3)CC2)c2c(C)nn(-c3ccccc3)c2n1. The van der Waals surface area contributed by atoms with Gasteiger partial charge in [-0.15, -0.1) is 0 Å². The number of amides is 1. The Bertz CT molecular complexity index is 1350. The molecule has 0 atom stereocenters. The molecule has 4 aromatic rings. The lowest BCUT2D eigenvalue weighted by Crippen LogP contribution is -2.35. The highest BCUT2D eigenvalue weighted by atomic mass is 16.2. The average molecular weight is 483 g/mol. The standard InChI is InChI=1S/C29H34N6O/c1-4-5-12-25-30-27(26-22(3)32-35(28(26)31-25)24-10-7-6-8-11-24)33-17-9-18-34(20-19-33)29(36)23-15-13-21(2)14-16-23/h6-8,10-11,13-16H,4-5,9,12,17-20H2,1-3H3. The third-order valence-electron chi connectivity index (χ3n) is 6.87. The van der Waals surface area contributed by atoms with Gasteiger partial charge in [-0.25, -0.2) is 14.6 Å². The number of nitrogens with zero attached hydrogens (tertiary/aromatic N) is 6. The second-order valence-corrected chi connectivity index (χ2v) is 9.60. The molecule has 1 saturated heterocycles. The van der Waals surface area contributed by atoms with Crippen LogP contribution < -0.4 is 4.90 Å². The van der Waals surface area contributed by atoms with E-state index < -0.39 is 0 Å². The lowest BCUT2D eigenvalue weighted by molar-refractivity contribution is 0.0767. The van der Waals surface area contributed by atoms with E-state index in [4.69, 9.17) is 15.1 Å². The molecule has 186 valence electrons. The van der Waals surface area contributed by atoms with Gasteiger partial charge in [0.15, 0.2) is 5.65 Å². The van der Waals surface area contributed by atoms with Gasteiger partial charge in [0, 0.05) is 38.2 Å². The Morgan fingerprint density at radius 3 is 2.44 bits per heavy atom. The molecule has 36 heavy (non-hydrogen) atoms. The molecule has 1 fully saturated rings. The maximum Gasteiger partial charge on any atom is 0.253 e. The zero-order valence-corrected chi connectivity index (χ0v) is 21.4. The van der Waals surface area contributed by atoms with E-state index in [9.17, 15) is 4.79 Å². The van der Waals surface area contributed by atoms with Crippen molar-refractivity contribution in [3.8, 4) is 5.69 Å². The average Bonchev–Trinajstić information content (AvgIpc) is 3.07. The van der Waals surface area contributed by atoms with Gasteiger partial charge in [-0.05, 0) is 51.0 Å². The zero-order valence-electron chi connectivity index (χ0n) is 21.4. The Morgan fingerprint density at radius 1 is 0.917 bits per heavy atom. The Morgan fingerprint density at radius 2 is 1.69 bits per heavy atom. The first-order chi connectivity index (χ1) is 17.5. The van der Waals surface area contributed by atoms with Crippen LogP contribution in [0.2, 0.25) is 0 Å². The number of aryl methyl sites for hydroxylation is 3. The van der Waals surface area contributed by atoms with E-state index in [2.05, 4.69) is 24.0 Å². The highest BCUT2D eigenvalue weighted by molar-refractivity contribution is 5.94. The summed E-state index contributed by atoms with van der Waals surface area (Å²) in [4.78, 5) is 27.5. The monoisotopic (exact) mass is 482 g/mol. The number of benzene rings is 2. The number of para-hydroxylation sites is 1. The van der Waals surface area contributed by atoms with Crippen LogP contribution >= 0.6 is 0 Å². The summed E-state index contributed by atoms with van der Waals surface area (Å²) in [6, 6.07) is 18.0. The van der Waals surface area contributed by atoms with Crippen molar-refractivity contribution in [1.82, 2.24) is 24.6 Å². The molecule has 0 bridgehead atoms. The van der Waals surface area contributed by atoms with E-state index in [1.807, 2.05) is 65.9 Å². The second-order valence-electron chi connectivity index (χ2n) is 9.60. The van der Waals surface area contributed by atoms with Crippen LogP contribution in [0.1, 0.15) is 53.6 Å². The van der Waals surface area contributed by atoms with Crippen molar-refractivity contribution in [1.29, 1.82) is 0 Å². The summed E-state index contributed by atoms with van der Waals surface area (Å²) < 4.78 is 1.94. The fraction of sp³-hybridized carbons (Fsp3) is 0.379. The molecule has 1 aliphatic heterocycles. The highest BCUT2D eigenvalue weighted by Crippen LogP contribution is 2.30. The van der Waals surface area contributed by atoms with Gasteiger partial charge in [0.2, 0.25) is 0 Å². The fourth-order valence-corrected chi connectivity index (χ4v) is 4.84. The van der Waals surface area contributed by atoms with E-state index >= 15 is 0 Å². The number of carbonyl (C=O) groups is 1. The van der Waals surface area contributed by atoms with Crippen LogP contribution in [0.3, 0.4) is 0 Å². The molecule has 2 aromatic heterocycles. The molecule has 0 aliphatic carbocycles. The normalized spacial score (nSPS) is 14.3. The van der Waals surface area contributed by atoms with Crippen molar-refractivity contribution in [3.05, 3.63) is 77.2 Å². The topological polar surface area (TPSA) is 67.2 Å². The highest BCUT2D eigenvalue weighted by Gasteiger charge is 2.25. The van der Waals surface area contributed by atoms with Crippen molar-refractivity contribution in [2.45, 2.75) is 46.5 Å². The smallest absolute Gasteiger partial charge is 0.253 e. The van der Waals surface area contributed by atoms with Gasteiger partial charge in [0.25, 0.3) is 5.91 Å². The summed E-state index contributed by atoms with van der Waals surface area (Å²) >= 11 is 0. The maximum absolute atomic E-state index is 13.2. The molecule has 0 radical (unpaired) electrons. The van der Waals surface area contributed by atoms with E-state index in [-0.39, 0.29) is 5.91 Å². The molecule has 7 heteroatoms. The molecule has 0 spiro atoms. The van der Waals surface area contributed by atoms with Gasteiger partial charge < -0.3 is 9.80 Å². The molecule has 0 saturated carbocycles. The fourth-order valence-electron chi connectivity index (χ4n) is 4.84. The van der Waals surface area contributed by atoms with Gasteiger partial charge in [-0.1, -0.05) is 49.2 Å². The largest absolute Gasteiger partial charge is 0.354 e. The molecule has 3 heterocycles. The number of aromatic nitrogens is 4. The third kappa shape index (κ3) is 4.83. The lowest BCUT2D eigenvalue weighted by atomic mass is 10.1. The molecule has 0 N–H and O–H groups in total. The molecule has 1 amide bonds. The minimum atomic E-state index is 0.0985. The Balaban J connectivity index is 1.48. The molecule has 5 rings (SSSR count). The van der Waals surface area contributed by atoms with Gasteiger partial charge in [-0.2, -0.15) is 5.10 Å². The third-order valence-corrected chi connectivity index (χ3v) is 6.87. The number of rotatable bonds is 6. The Kier molecular flexibility index (Phi) is 6.98. The van der Waals surface area contributed by atoms with Crippen LogP contribution in [0.25, 0.3) is 16.7 Å². The first-order valence-corrected chi connectivity index (χ1v) is 13.0. The van der Waals surface area contributed by atoms with Gasteiger partial charge in [0.05, 0.1) is 16.8 Å². The van der Waals surface area contributed by atoms with Crippen LogP contribution in [0.5, 0.6) is 0 Å². The molecular formula is C29H34N6O. The second kappa shape index (κ2) is 10.5. The van der Waals surface area contributed by atoms with Gasteiger partial charge in [-0.3, -0.25) is 4.79 Å². The van der Waals surface area contributed by atoms with Crippen molar-refractivity contribution >= 4 is 22.8 Å². The van der Waals surface area contributed by atoms with Crippen molar-refractivity contribution in [2.24, 2.45) is 0 Å². The molecule has 2 aromatic carbocycles. The summed E-state index contributed by atoms with van der Waals surface area (Å²) in [6.07, 6.45) is 3.86. The number of carbonyl (C=O) groups excluding carboxylic acids is 1. The number of anilines is 1. The van der Waals surface area contributed by atoms with Gasteiger partial charge in [0.1, 0.15) is 11.6 Å². The summed E-state index contributed by atoms with van der Waals surface area (Å²) in [5, 5.41) is 5.87. The van der Waals surface area contributed by atoms with Crippen LogP contribution in [0.15, 0.2) is 54.6 Å². The zero-order chi connectivity index (χ0) is 25.1. The van der Waals surface area contributed by atoms with E-state index in [1.54, 1.807) is 0 Å². The molecule has 1 aliphatic rings. The minimum absolute atomic E-state index is 0.0985. The summed E-state index contributed by atoms with van der Waals surface area (Å²) in [5.74, 6) is 1.89. The number of unbranched alkanes of at least 4 members (excludes halogenated alkanes) is 1. The van der Waals surface area contributed by atoms with Crippen molar-refractivity contribution in [2.75, 3.05) is 31.1 Å². The van der Waals surface area contributed by atoms with E-state index in [0.717, 1.165) is 90.5 Å². The lowest BCUT2D eigenvalue weighted by Gasteiger charge is -2.24. The quantitative estimate of drug-likeness (QED) is 0.381. The van der Waals surface area contributed by atoms with Crippen LogP contribution in [0.4, 0.5) is 5.82 Å². The predicted octanol–water partition coefficient (Wildman–Crippen LogP) is 5.13. The number of fused-ring (bicyclic) bond motifs is 1. The number of hydrogen-bond acceptors (Lipinski definition) is 5. The van der Waals surface area contributed by atoms with Crippen LogP contribution in [-0.2, 0) is 6.42 Å². The number of hydrogen-bond donors (Lipinski definition) is 0. The van der Waals surface area contributed by atoms with Crippen LogP contribution in [0, 0.1) is 13.8 Å². The van der Waals surface area contributed by atoms with E-state index in [0.29, 0.717) is 6.54 Å².